The Kier molecular flexibility index (Phi) is 4.72. The summed E-state index contributed by atoms with van der Waals surface area (Å²) >= 11 is 6.01. The minimum Gasteiger partial charge on any atom is -0.508 e. The zero-order valence-electron chi connectivity index (χ0n) is 14.2. The number of rotatable bonds is 5. The molecule has 0 fully saturated rings. The van der Waals surface area contributed by atoms with Crippen LogP contribution < -0.4 is 5.43 Å². The maximum atomic E-state index is 10.0. The zero-order chi connectivity index (χ0) is 18.6. The van der Waals surface area contributed by atoms with E-state index < -0.39 is 0 Å². The molecule has 6 nitrogen and oxygen atoms in total. The number of aromatic hydroxyl groups is 1. The molecule has 2 aromatic heterocycles. The SMILES string of the molecule is Oc1ccccc1CNn1c(-c2ccncc2)nnc1-c1ccc(Cl)cc1. The van der Waals surface area contributed by atoms with E-state index >= 15 is 0 Å². The third-order valence-electron chi connectivity index (χ3n) is 4.12. The number of nitrogens with zero attached hydrogens (tertiary/aromatic N) is 4. The van der Waals surface area contributed by atoms with Crippen molar-refractivity contribution in [1.82, 2.24) is 19.9 Å². The Morgan fingerprint density at radius 1 is 0.852 bits per heavy atom. The van der Waals surface area contributed by atoms with E-state index in [4.69, 9.17) is 11.6 Å². The largest absolute Gasteiger partial charge is 0.508 e. The molecule has 0 spiro atoms. The first-order valence-corrected chi connectivity index (χ1v) is 8.72. The number of hydrogen-bond acceptors (Lipinski definition) is 5. The van der Waals surface area contributed by atoms with Gasteiger partial charge in [0.25, 0.3) is 0 Å². The molecule has 0 aliphatic rings. The predicted octanol–water partition coefficient (Wildman–Crippen LogP) is 4.11. The van der Waals surface area contributed by atoms with Crippen LogP contribution >= 0.6 is 11.6 Å². The third kappa shape index (κ3) is 3.61. The van der Waals surface area contributed by atoms with Crippen molar-refractivity contribution in [2.24, 2.45) is 0 Å². The van der Waals surface area contributed by atoms with Gasteiger partial charge in [-0.05, 0) is 42.5 Å². The van der Waals surface area contributed by atoms with E-state index in [1.165, 1.54) is 0 Å². The number of benzene rings is 2. The van der Waals surface area contributed by atoms with Crippen LogP contribution in [0.2, 0.25) is 5.02 Å². The van der Waals surface area contributed by atoms with Gasteiger partial charge in [0.05, 0.1) is 6.54 Å². The molecule has 0 saturated heterocycles. The van der Waals surface area contributed by atoms with Gasteiger partial charge in [-0.3, -0.25) is 4.98 Å². The van der Waals surface area contributed by atoms with Crippen LogP contribution in [0.4, 0.5) is 0 Å². The second-order valence-electron chi connectivity index (χ2n) is 5.89. The highest BCUT2D eigenvalue weighted by Gasteiger charge is 2.16. The summed E-state index contributed by atoms with van der Waals surface area (Å²) in [4.78, 5) is 4.05. The van der Waals surface area contributed by atoms with E-state index in [9.17, 15) is 5.11 Å². The van der Waals surface area contributed by atoms with Crippen molar-refractivity contribution in [1.29, 1.82) is 0 Å². The predicted molar refractivity (Wildman–Crippen MR) is 105 cm³/mol. The summed E-state index contributed by atoms with van der Waals surface area (Å²) in [6.07, 6.45) is 3.42. The van der Waals surface area contributed by atoms with Crippen LogP contribution in [0.15, 0.2) is 73.1 Å². The van der Waals surface area contributed by atoms with Gasteiger partial charge in [-0.1, -0.05) is 29.8 Å². The van der Waals surface area contributed by atoms with Gasteiger partial charge in [0, 0.05) is 34.1 Å². The summed E-state index contributed by atoms with van der Waals surface area (Å²) < 4.78 is 1.81. The highest BCUT2D eigenvalue weighted by molar-refractivity contribution is 6.30. The smallest absolute Gasteiger partial charge is 0.183 e. The van der Waals surface area contributed by atoms with Gasteiger partial charge in [0.15, 0.2) is 11.6 Å². The lowest BCUT2D eigenvalue weighted by atomic mass is 10.2. The summed E-state index contributed by atoms with van der Waals surface area (Å²) in [6.45, 7) is 0.406. The Bertz CT molecular complexity index is 1050. The number of para-hydroxylation sites is 1. The number of pyridine rings is 1. The molecule has 0 radical (unpaired) electrons. The Morgan fingerprint density at radius 3 is 2.15 bits per heavy atom. The number of halogens is 1. The Morgan fingerprint density at radius 2 is 1.48 bits per heavy atom. The maximum Gasteiger partial charge on any atom is 0.183 e. The van der Waals surface area contributed by atoms with Crippen LogP contribution in [0.25, 0.3) is 22.8 Å². The topological polar surface area (TPSA) is 75.9 Å². The zero-order valence-corrected chi connectivity index (χ0v) is 15.0. The fourth-order valence-corrected chi connectivity index (χ4v) is 2.86. The molecular formula is C20H16ClN5O. The molecule has 0 unspecified atom stereocenters. The highest BCUT2D eigenvalue weighted by Crippen LogP contribution is 2.25. The van der Waals surface area contributed by atoms with E-state index in [0.717, 1.165) is 16.7 Å². The van der Waals surface area contributed by atoms with Gasteiger partial charge < -0.3 is 10.5 Å². The first-order valence-electron chi connectivity index (χ1n) is 8.35. The quantitative estimate of drug-likeness (QED) is 0.547. The summed E-state index contributed by atoms with van der Waals surface area (Å²) in [5, 5.41) is 19.4. The number of aromatic nitrogens is 4. The Hall–Kier alpha value is -3.38. The van der Waals surface area contributed by atoms with Crippen molar-refractivity contribution in [3.05, 3.63) is 83.6 Å². The molecule has 2 aromatic carbocycles. The van der Waals surface area contributed by atoms with Crippen molar-refractivity contribution in [2.45, 2.75) is 6.54 Å². The minimum atomic E-state index is 0.233. The molecule has 134 valence electrons. The summed E-state index contributed by atoms with van der Waals surface area (Å²) in [5.41, 5.74) is 5.83. The molecule has 0 bridgehead atoms. The molecule has 0 saturated carbocycles. The van der Waals surface area contributed by atoms with E-state index in [1.54, 1.807) is 24.5 Å². The average Bonchev–Trinajstić information content (AvgIpc) is 3.12. The number of nitrogens with one attached hydrogen (secondary N) is 1. The number of phenolic OH excluding ortho intramolecular Hbond substituents is 1. The lowest BCUT2D eigenvalue weighted by Gasteiger charge is -2.14. The minimum absolute atomic E-state index is 0.233. The van der Waals surface area contributed by atoms with Crippen molar-refractivity contribution in [3.63, 3.8) is 0 Å². The van der Waals surface area contributed by atoms with E-state index in [0.29, 0.717) is 23.2 Å². The van der Waals surface area contributed by atoms with Crippen molar-refractivity contribution < 1.29 is 5.11 Å². The van der Waals surface area contributed by atoms with Gasteiger partial charge in [-0.25, -0.2) is 4.68 Å². The maximum absolute atomic E-state index is 10.0. The molecule has 27 heavy (non-hydrogen) atoms. The Balaban J connectivity index is 1.75. The molecular weight excluding hydrogens is 362 g/mol. The van der Waals surface area contributed by atoms with Crippen LogP contribution in [0.5, 0.6) is 5.75 Å². The lowest BCUT2D eigenvalue weighted by molar-refractivity contribution is 0.468. The number of phenols is 1. The molecule has 2 N–H and O–H groups in total. The monoisotopic (exact) mass is 377 g/mol. The van der Waals surface area contributed by atoms with Crippen LogP contribution in [0.3, 0.4) is 0 Å². The molecule has 7 heteroatoms. The van der Waals surface area contributed by atoms with E-state index in [1.807, 2.05) is 53.2 Å². The van der Waals surface area contributed by atoms with Crippen LogP contribution in [0.1, 0.15) is 5.56 Å². The first kappa shape index (κ1) is 17.1. The lowest BCUT2D eigenvalue weighted by Crippen LogP contribution is -2.17. The summed E-state index contributed by atoms with van der Waals surface area (Å²) in [6, 6.07) is 18.3. The highest BCUT2D eigenvalue weighted by atomic mass is 35.5. The van der Waals surface area contributed by atoms with Crippen molar-refractivity contribution in [3.8, 4) is 28.5 Å². The first-order chi connectivity index (χ1) is 13.2. The van der Waals surface area contributed by atoms with Crippen LogP contribution in [-0.2, 0) is 6.54 Å². The second-order valence-corrected chi connectivity index (χ2v) is 6.33. The Labute approximate surface area is 161 Å². The standard InChI is InChI=1S/C20H16ClN5O/c21-17-7-5-14(6-8-17)19-24-25-20(15-9-11-22-12-10-15)26(19)23-13-16-3-1-2-4-18(16)27/h1-12,23,27H,13H2. The fourth-order valence-electron chi connectivity index (χ4n) is 2.73. The van der Waals surface area contributed by atoms with Gasteiger partial charge in [-0.2, -0.15) is 0 Å². The average molecular weight is 378 g/mol. The molecule has 0 atom stereocenters. The molecule has 0 aliphatic carbocycles. The molecule has 0 aliphatic heterocycles. The third-order valence-corrected chi connectivity index (χ3v) is 4.38. The molecule has 0 amide bonds. The van der Waals surface area contributed by atoms with Gasteiger partial charge >= 0.3 is 0 Å². The van der Waals surface area contributed by atoms with Crippen molar-refractivity contribution in [2.75, 3.05) is 5.43 Å². The second kappa shape index (κ2) is 7.47. The van der Waals surface area contributed by atoms with Crippen LogP contribution in [0, 0.1) is 0 Å². The van der Waals surface area contributed by atoms with E-state index in [2.05, 4.69) is 20.6 Å². The summed E-state index contributed by atoms with van der Waals surface area (Å²) in [5.74, 6) is 1.53. The molecule has 4 rings (SSSR count). The summed E-state index contributed by atoms with van der Waals surface area (Å²) in [7, 11) is 0. The normalized spacial score (nSPS) is 10.7. The molecule has 4 aromatic rings. The number of hydrogen-bond donors (Lipinski definition) is 2. The van der Waals surface area contributed by atoms with Gasteiger partial charge in [0.1, 0.15) is 5.75 Å². The fraction of sp³-hybridized carbons (Fsp3) is 0.0500. The van der Waals surface area contributed by atoms with Crippen LogP contribution in [-0.4, -0.2) is 25.0 Å². The van der Waals surface area contributed by atoms with E-state index in [-0.39, 0.29) is 5.75 Å². The van der Waals surface area contributed by atoms with Crippen molar-refractivity contribution >= 4 is 11.6 Å². The van der Waals surface area contributed by atoms with Gasteiger partial charge in [0.2, 0.25) is 0 Å². The van der Waals surface area contributed by atoms with Gasteiger partial charge in [-0.15, -0.1) is 10.2 Å². The molecule has 2 heterocycles.